The summed E-state index contributed by atoms with van der Waals surface area (Å²) in [6.07, 6.45) is -3.56. The van der Waals surface area contributed by atoms with E-state index in [-0.39, 0.29) is 17.5 Å². The third kappa shape index (κ3) is 6.16. The lowest BCUT2D eigenvalue weighted by Crippen LogP contribution is -2.44. The molecule has 1 unspecified atom stereocenters. The summed E-state index contributed by atoms with van der Waals surface area (Å²) in [5.41, 5.74) is 1.34. The molecule has 13 nitrogen and oxygen atoms in total. The van der Waals surface area contributed by atoms with Gasteiger partial charge in [0.2, 0.25) is 5.34 Å². The third-order valence-corrected chi connectivity index (χ3v) is 8.45. The van der Waals surface area contributed by atoms with Gasteiger partial charge in [-0.1, -0.05) is 29.8 Å². The number of aromatic nitrogens is 3. The monoisotopic (exact) mass is 604 g/mol. The highest BCUT2D eigenvalue weighted by Gasteiger charge is 2.51. The van der Waals surface area contributed by atoms with Gasteiger partial charge in [-0.25, -0.2) is 14.1 Å². The Balaban J connectivity index is 1.51. The van der Waals surface area contributed by atoms with E-state index in [0.29, 0.717) is 22.3 Å². The van der Waals surface area contributed by atoms with E-state index in [4.69, 9.17) is 25.8 Å². The standard InChI is InChI=1S/C24H31ClFN4O9P/c1-13(14-5-3-4-6-16(14)26)28-17-7-20(25)29-23-15(17)8-27-30(23)9-18-21(32)22(33)19(39-18)10-38-24(11-31,12-37-2)40(34,35)36/h3-8,13,18-19,21-22,31-33H,9-12H2,1-2H3,(H,28,29)(H2,34,35,36)/t13-,18+,19+,21-,22+,24?/m0/s1. The number of ether oxygens (including phenoxy) is 3. The van der Waals surface area contributed by atoms with E-state index < -0.39 is 63.2 Å². The Morgan fingerprint density at radius 2 is 1.98 bits per heavy atom. The van der Waals surface area contributed by atoms with Gasteiger partial charge in [0, 0.05) is 12.7 Å². The molecule has 6 N–H and O–H groups in total. The number of methoxy groups -OCH3 is 1. The number of hydrogen-bond donors (Lipinski definition) is 6. The topological polar surface area (TPSA) is 189 Å². The Bertz CT molecular complexity index is 1380. The van der Waals surface area contributed by atoms with Crippen LogP contribution in [0.1, 0.15) is 18.5 Å². The maximum absolute atomic E-state index is 14.3. The lowest BCUT2D eigenvalue weighted by molar-refractivity contribution is -0.119. The van der Waals surface area contributed by atoms with E-state index in [1.54, 1.807) is 31.2 Å². The van der Waals surface area contributed by atoms with E-state index >= 15 is 0 Å². The summed E-state index contributed by atoms with van der Waals surface area (Å²) in [4.78, 5) is 23.7. The van der Waals surface area contributed by atoms with Crippen LogP contribution in [0, 0.1) is 5.82 Å². The van der Waals surface area contributed by atoms with Crippen molar-refractivity contribution in [3.63, 3.8) is 0 Å². The number of pyridine rings is 1. The number of nitrogens with one attached hydrogen (secondary N) is 1. The fraction of sp³-hybridized carbons (Fsp3) is 0.500. The number of rotatable bonds is 12. The van der Waals surface area contributed by atoms with Crippen molar-refractivity contribution < 1.29 is 48.3 Å². The first-order valence-electron chi connectivity index (χ1n) is 12.2. The van der Waals surface area contributed by atoms with Crippen molar-refractivity contribution in [3.05, 3.63) is 53.1 Å². The summed E-state index contributed by atoms with van der Waals surface area (Å²) >= 11 is 6.27. The average Bonchev–Trinajstić information content (AvgIpc) is 3.42. The van der Waals surface area contributed by atoms with Gasteiger partial charge in [-0.2, -0.15) is 5.10 Å². The predicted octanol–water partition coefficient (Wildman–Crippen LogP) is 1.42. The molecular formula is C24H31ClFN4O9P. The second kappa shape index (κ2) is 12.3. The first-order chi connectivity index (χ1) is 18.9. The Labute approximate surface area is 233 Å². The quantitative estimate of drug-likeness (QED) is 0.129. The molecule has 220 valence electrons. The van der Waals surface area contributed by atoms with E-state index in [1.165, 1.54) is 24.1 Å². The molecule has 0 bridgehead atoms. The summed E-state index contributed by atoms with van der Waals surface area (Å²) in [7, 11) is -3.82. The molecule has 0 saturated carbocycles. The molecule has 1 fully saturated rings. The van der Waals surface area contributed by atoms with Crippen molar-refractivity contribution in [1.82, 2.24) is 14.8 Å². The molecule has 1 saturated heterocycles. The number of anilines is 1. The van der Waals surface area contributed by atoms with Gasteiger partial charge in [0.05, 0.1) is 49.7 Å². The highest BCUT2D eigenvalue weighted by molar-refractivity contribution is 7.53. The number of hydrogen-bond acceptors (Lipinski definition) is 10. The molecular weight excluding hydrogens is 574 g/mol. The van der Waals surface area contributed by atoms with E-state index in [2.05, 4.69) is 15.4 Å². The smallest absolute Gasteiger partial charge is 0.361 e. The van der Waals surface area contributed by atoms with Crippen molar-refractivity contribution in [2.45, 2.75) is 49.3 Å². The van der Waals surface area contributed by atoms with Crippen LogP contribution >= 0.6 is 19.2 Å². The average molecular weight is 605 g/mol. The van der Waals surface area contributed by atoms with Crippen LogP contribution in [0.3, 0.4) is 0 Å². The van der Waals surface area contributed by atoms with Crippen LogP contribution in [0.25, 0.3) is 11.0 Å². The van der Waals surface area contributed by atoms with Gasteiger partial charge in [-0.15, -0.1) is 0 Å². The van der Waals surface area contributed by atoms with Gasteiger partial charge in [0.25, 0.3) is 0 Å². The molecule has 1 aliphatic heterocycles. The Morgan fingerprint density at radius 1 is 1.27 bits per heavy atom. The van der Waals surface area contributed by atoms with Gasteiger partial charge in [-0.3, -0.25) is 4.57 Å². The van der Waals surface area contributed by atoms with E-state index in [1.807, 2.05) is 0 Å². The summed E-state index contributed by atoms with van der Waals surface area (Å²) < 4.78 is 43.6. The second-order valence-corrected chi connectivity index (χ2v) is 11.8. The molecule has 6 atom stereocenters. The zero-order chi connectivity index (χ0) is 29.2. The number of fused-ring (bicyclic) bond motifs is 1. The van der Waals surface area contributed by atoms with Gasteiger partial charge in [0.1, 0.15) is 35.4 Å². The molecule has 40 heavy (non-hydrogen) atoms. The lowest BCUT2D eigenvalue weighted by Gasteiger charge is -2.32. The first kappa shape index (κ1) is 30.7. The van der Waals surface area contributed by atoms with Crippen molar-refractivity contribution in [1.29, 1.82) is 0 Å². The Kier molecular flexibility index (Phi) is 9.47. The zero-order valence-electron chi connectivity index (χ0n) is 21.6. The summed E-state index contributed by atoms with van der Waals surface area (Å²) in [6, 6.07) is 7.54. The fourth-order valence-corrected chi connectivity index (χ4v) is 5.46. The largest absolute Gasteiger partial charge is 0.393 e. The molecule has 4 rings (SSSR count). The maximum Gasteiger partial charge on any atom is 0.361 e. The normalized spacial score (nSPS) is 23.8. The zero-order valence-corrected chi connectivity index (χ0v) is 23.2. The minimum Gasteiger partial charge on any atom is -0.393 e. The van der Waals surface area contributed by atoms with Crippen LogP contribution in [0.15, 0.2) is 36.5 Å². The molecule has 1 aliphatic rings. The Morgan fingerprint density at radius 3 is 2.62 bits per heavy atom. The highest BCUT2D eigenvalue weighted by atomic mass is 35.5. The predicted molar refractivity (Wildman–Crippen MR) is 141 cm³/mol. The van der Waals surface area contributed by atoms with Crippen molar-refractivity contribution in [2.75, 3.05) is 32.2 Å². The molecule has 3 aromatic rings. The minimum absolute atomic E-state index is 0.0738. The van der Waals surface area contributed by atoms with Gasteiger partial charge in [-0.05, 0) is 19.1 Å². The van der Waals surface area contributed by atoms with Gasteiger partial charge < -0.3 is 44.6 Å². The number of benzene rings is 1. The molecule has 0 spiro atoms. The Hall–Kier alpha value is -2.23. The summed E-state index contributed by atoms with van der Waals surface area (Å²) in [5, 5.41) is 36.7. The van der Waals surface area contributed by atoms with Crippen molar-refractivity contribution >= 4 is 35.9 Å². The maximum atomic E-state index is 14.3. The van der Waals surface area contributed by atoms with Crippen molar-refractivity contribution in [2.24, 2.45) is 0 Å². The van der Waals surface area contributed by atoms with Crippen LogP contribution in [-0.2, 0) is 25.3 Å². The fourth-order valence-electron chi connectivity index (χ4n) is 4.55. The van der Waals surface area contributed by atoms with Crippen LogP contribution in [-0.4, -0.2) is 96.6 Å². The number of halogens is 2. The van der Waals surface area contributed by atoms with Crippen LogP contribution < -0.4 is 5.32 Å². The molecule has 3 heterocycles. The highest BCUT2D eigenvalue weighted by Crippen LogP contribution is 2.51. The van der Waals surface area contributed by atoms with E-state index in [9.17, 15) is 34.1 Å². The molecule has 0 radical (unpaired) electrons. The third-order valence-electron chi connectivity index (χ3n) is 6.80. The number of aliphatic hydroxyl groups is 3. The van der Waals surface area contributed by atoms with Gasteiger partial charge in [0.15, 0.2) is 5.65 Å². The van der Waals surface area contributed by atoms with E-state index in [0.717, 1.165) is 0 Å². The van der Waals surface area contributed by atoms with Crippen LogP contribution in [0.4, 0.5) is 10.1 Å². The molecule has 0 amide bonds. The van der Waals surface area contributed by atoms with Gasteiger partial charge >= 0.3 is 7.60 Å². The molecule has 0 aliphatic carbocycles. The number of nitrogens with zero attached hydrogens (tertiary/aromatic N) is 3. The summed E-state index contributed by atoms with van der Waals surface area (Å²) in [5.74, 6) is -0.363. The first-order valence-corrected chi connectivity index (χ1v) is 14.2. The second-order valence-electron chi connectivity index (χ2n) is 9.53. The summed E-state index contributed by atoms with van der Waals surface area (Å²) in [6.45, 7) is -0.525. The minimum atomic E-state index is -5.01. The molecule has 1 aromatic carbocycles. The molecule has 2 aromatic heterocycles. The van der Waals surface area contributed by atoms with Crippen molar-refractivity contribution in [3.8, 4) is 0 Å². The van der Waals surface area contributed by atoms with Crippen LogP contribution in [0.5, 0.6) is 0 Å². The number of aliphatic hydroxyl groups excluding tert-OH is 3. The van der Waals surface area contributed by atoms with Crippen LogP contribution in [0.2, 0.25) is 5.15 Å². The SMILES string of the molecule is COCC(CO)(OC[C@H]1O[C@H](Cn2ncc3c(N[C@@H](C)c4ccccc4F)cc(Cl)nc32)[C@H](O)[C@@H]1O)P(=O)(O)O. The lowest BCUT2D eigenvalue weighted by atomic mass is 10.1. The molecule has 16 heteroatoms.